The number of hydrogen-bond acceptors (Lipinski definition) is 7. The summed E-state index contributed by atoms with van der Waals surface area (Å²) in [7, 11) is 1.66. The highest BCUT2D eigenvalue weighted by atomic mass is 19.1. The second-order valence-electron chi connectivity index (χ2n) is 7.88. The van der Waals surface area contributed by atoms with E-state index in [0.717, 1.165) is 26.2 Å². The van der Waals surface area contributed by atoms with Crippen LogP contribution < -0.4 is 9.80 Å². The minimum atomic E-state index is -1.03. The fraction of sp³-hybridized carbons (Fsp3) is 0.478. The second-order valence-corrected chi connectivity index (χ2v) is 7.88. The molecule has 164 valence electrons. The standard InChI is InChI=1S/C23H27FN4O3/c1-5-27(6-2)15-11-28(12-15)19-10-18-14(9-17(19)24)8-16-21(30)22(31-7-3)20(13-29)26(4)23(16)25-18/h8-10,15,22H,5-7,11-12H2,1-4H3. The molecular formula is C23H27FN4O3. The molecule has 0 amide bonds. The van der Waals surface area contributed by atoms with E-state index in [4.69, 9.17) is 4.74 Å². The lowest BCUT2D eigenvalue weighted by molar-refractivity contribution is 0.0559. The van der Waals surface area contributed by atoms with Gasteiger partial charge < -0.3 is 14.5 Å². The van der Waals surface area contributed by atoms with Crippen LogP contribution in [0.1, 0.15) is 31.1 Å². The number of Topliss-reactive ketones (excluding diaryl/α,β-unsaturated/α-hetero) is 1. The van der Waals surface area contributed by atoms with Gasteiger partial charge in [0.2, 0.25) is 5.78 Å². The fourth-order valence-corrected chi connectivity index (χ4v) is 4.47. The van der Waals surface area contributed by atoms with Gasteiger partial charge in [0, 0.05) is 38.2 Å². The zero-order chi connectivity index (χ0) is 22.3. The van der Waals surface area contributed by atoms with Gasteiger partial charge in [-0.15, -0.1) is 0 Å². The molecule has 1 aromatic carbocycles. The summed E-state index contributed by atoms with van der Waals surface area (Å²) in [6, 6.07) is 5.20. The van der Waals surface area contributed by atoms with E-state index in [-0.39, 0.29) is 23.9 Å². The van der Waals surface area contributed by atoms with E-state index in [1.807, 2.05) is 10.8 Å². The van der Waals surface area contributed by atoms with Crippen molar-refractivity contribution in [1.29, 1.82) is 0 Å². The van der Waals surface area contributed by atoms with Crippen molar-refractivity contribution in [2.75, 3.05) is 49.6 Å². The van der Waals surface area contributed by atoms with Crippen LogP contribution in [0.3, 0.4) is 0 Å². The molecule has 0 radical (unpaired) electrons. The number of hydrogen-bond donors (Lipinski definition) is 0. The summed E-state index contributed by atoms with van der Waals surface area (Å²) < 4.78 is 20.4. The van der Waals surface area contributed by atoms with Crippen LogP contribution in [0.4, 0.5) is 15.9 Å². The Kier molecular flexibility index (Phi) is 5.79. The Morgan fingerprint density at radius 3 is 2.55 bits per heavy atom. The van der Waals surface area contributed by atoms with Gasteiger partial charge in [-0.25, -0.2) is 14.2 Å². The predicted octanol–water partition coefficient (Wildman–Crippen LogP) is 2.66. The number of nitrogens with zero attached hydrogens (tertiary/aromatic N) is 4. The van der Waals surface area contributed by atoms with Crippen molar-refractivity contribution in [3.8, 4) is 0 Å². The lowest BCUT2D eigenvalue weighted by Crippen LogP contribution is -2.59. The topological polar surface area (TPSA) is 66.0 Å². The van der Waals surface area contributed by atoms with Gasteiger partial charge in [-0.3, -0.25) is 9.69 Å². The van der Waals surface area contributed by atoms with Crippen LogP contribution in [-0.2, 0) is 9.53 Å². The van der Waals surface area contributed by atoms with E-state index in [2.05, 4.69) is 23.7 Å². The van der Waals surface area contributed by atoms with E-state index in [1.54, 1.807) is 26.1 Å². The third-order valence-corrected chi connectivity index (χ3v) is 6.26. The molecular weight excluding hydrogens is 399 g/mol. The van der Waals surface area contributed by atoms with Crippen LogP contribution in [0.5, 0.6) is 0 Å². The van der Waals surface area contributed by atoms with Crippen molar-refractivity contribution < 1.29 is 18.7 Å². The molecule has 7 nitrogen and oxygen atoms in total. The SMILES string of the molecule is CCOC1C(=O)c2cc3cc(F)c(N4CC(N(CC)CC)C4)cc3nc2N(C)C1=C=O. The molecule has 1 aromatic heterocycles. The number of anilines is 2. The number of pyridine rings is 1. The molecule has 0 aliphatic carbocycles. The normalized spacial score (nSPS) is 19.1. The van der Waals surface area contributed by atoms with Crippen LogP contribution in [0, 0.1) is 5.82 Å². The first kappa shape index (κ1) is 21.4. The molecule has 2 aliphatic rings. The Morgan fingerprint density at radius 1 is 1.23 bits per heavy atom. The first-order chi connectivity index (χ1) is 14.9. The molecule has 2 aliphatic heterocycles. The summed E-state index contributed by atoms with van der Waals surface area (Å²) in [4.78, 5) is 35.0. The van der Waals surface area contributed by atoms with E-state index in [9.17, 15) is 14.0 Å². The lowest BCUT2D eigenvalue weighted by atomic mass is 9.97. The number of ketones is 1. The number of fused-ring (bicyclic) bond motifs is 2. The molecule has 2 aromatic rings. The van der Waals surface area contributed by atoms with Crippen molar-refractivity contribution in [2.24, 2.45) is 0 Å². The quantitative estimate of drug-likeness (QED) is 0.658. The Balaban J connectivity index is 1.71. The number of carbonyl (C=O) groups excluding carboxylic acids is 2. The highest BCUT2D eigenvalue weighted by Gasteiger charge is 2.38. The molecule has 1 saturated heterocycles. The van der Waals surface area contributed by atoms with E-state index in [1.165, 1.54) is 11.0 Å². The van der Waals surface area contributed by atoms with Crippen LogP contribution in [0.15, 0.2) is 23.9 Å². The molecule has 0 N–H and O–H groups in total. The number of aromatic nitrogens is 1. The average Bonchev–Trinajstić information content (AvgIpc) is 2.73. The smallest absolute Gasteiger partial charge is 0.202 e. The number of ether oxygens (including phenoxy) is 1. The predicted molar refractivity (Wildman–Crippen MR) is 118 cm³/mol. The molecule has 31 heavy (non-hydrogen) atoms. The molecule has 1 atom stereocenters. The summed E-state index contributed by atoms with van der Waals surface area (Å²) in [6.07, 6.45) is -1.03. The molecule has 0 saturated carbocycles. The van der Waals surface area contributed by atoms with Crippen molar-refractivity contribution >= 4 is 34.1 Å². The molecule has 0 bridgehead atoms. The Bertz CT molecular complexity index is 1070. The average molecular weight is 426 g/mol. The van der Waals surface area contributed by atoms with Crippen molar-refractivity contribution in [3.05, 3.63) is 35.3 Å². The minimum absolute atomic E-state index is 0.0957. The maximum atomic E-state index is 14.9. The third-order valence-electron chi connectivity index (χ3n) is 6.26. The van der Waals surface area contributed by atoms with Gasteiger partial charge in [-0.2, -0.15) is 0 Å². The maximum absolute atomic E-state index is 14.9. The van der Waals surface area contributed by atoms with Gasteiger partial charge in [-0.05, 0) is 38.2 Å². The molecule has 1 fully saturated rings. The van der Waals surface area contributed by atoms with E-state index < -0.39 is 6.10 Å². The summed E-state index contributed by atoms with van der Waals surface area (Å²) in [6.45, 7) is 9.76. The summed E-state index contributed by atoms with van der Waals surface area (Å²) in [5.74, 6) is 1.48. The monoisotopic (exact) mass is 426 g/mol. The highest BCUT2D eigenvalue weighted by molar-refractivity contribution is 6.11. The minimum Gasteiger partial charge on any atom is -0.366 e. The summed E-state index contributed by atoms with van der Waals surface area (Å²) in [5, 5.41) is 0.538. The lowest BCUT2D eigenvalue weighted by Gasteiger charge is -2.46. The number of carbonyl (C=O) groups is 1. The molecule has 1 unspecified atom stereocenters. The van der Waals surface area contributed by atoms with Crippen LogP contribution in [0.25, 0.3) is 10.9 Å². The van der Waals surface area contributed by atoms with Crippen LogP contribution in [0.2, 0.25) is 0 Å². The zero-order valence-corrected chi connectivity index (χ0v) is 18.3. The molecule has 0 spiro atoms. The summed E-state index contributed by atoms with van der Waals surface area (Å²) >= 11 is 0. The first-order valence-corrected chi connectivity index (χ1v) is 10.7. The number of likely N-dealkylation sites (N-methyl/N-ethyl adjacent to an activating group) is 2. The second kappa shape index (κ2) is 8.38. The van der Waals surface area contributed by atoms with Crippen molar-refractivity contribution in [3.63, 3.8) is 0 Å². The number of halogens is 1. The van der Waals surface area contributed by atoms with Crippen molar-refractivity contribution in [2.45, 2.75) is 32.9 Å². The van der Waals surface area contributed by atoms with Gasteiger partial charge in [0.1, 0.15) is 23.3 Å². The molecule has 3 heterocycles. The Hall–Kier alpha value is -2.80. The van der Waals surface area contributed by atoms with Crippen LogP contribution in [-0.4, -0.2) is 73.6 Å². The van der Waals surface area contributed by atoms with E-state index >= 15 is 0 Å². The highest BCUT2D eigenvalue weighted by Crippen LogP contribution is 2.36. The number of benzene rings is 1. The van der Waals surface area contributed by atoms with Gasteiger partial charge in [0.05, 0.1) is 16.8 Å². The zero-order valence-electron chi connectivity index (χ0n) is 18.3. The first-order valence-electron chi connectivity index (χ1n) is 10.7. The molecule has 8 heteroatoms. The van der Waals surface area contributed by atoms with Gasteiger partial charge in [-0.1, -0.05) is 13.8 Å². The fourth-order valence-electron chi connectivity index (χ4n) is 4.47. The largest absolute Gasteiger partial charge is 0.366 e. The summed E-state index contributed by atoms with van der Waals surface area (Å²) in [5.41, 5.74) is 1.48. The van der Waals surface area contributed by atoms with Gasteiger partial charge in [0.15, 0.2) is 6.10 Å². The van der Waals surface area contributed by atoms with E-state index in [0.29, 0.717) is 34.0 Å². The van der Waals surface area contributed by atoms with Gasteiger partial charge >= 0.3 is 0 Å². The van der Waals surface area contributed by atoms with Crippen LogP contribution >= 0.6 is 0 Å². The maximum Gasteiger partial charge on any atom is 0.202 e. The van der Waals surface area contributed by atoms with Gasteiger partial charge in [0.25, 0.3) is 0 Å². The Morgan fingerprint density at radius 2 is 1.94 bits per heavy atom. The Labute approximate surface area is 181 Å². The number of rotatable bonds is 6. The third kappa shape index (κ3) is 3.51. The van der Waals surface area contributed by atoms with Crippen molar-refractivity contribution in [1.82, 2.24) is 9.88 Å². The molecule has 4 rings (SSSR count).